The summed E-state index contributed by atoms with van der Waals surface area (Å²) in [6, 6.07) is 12.8. The number of rotatable bonds is 4. The van der Waals surface area contributed by atoms with Crippen LogP contribution in [-0.4, -0.2) is 24.1 Å². The summed E-state index contributed by atoms with van der Waals surface area (Å²) < 4.78 is 6.78. The van der Waals surface area contributed by atoms with Crippen molar-refractivity contribution in [3.8, 4) is 10.9 Å². The molecular weight excluding hydrogens is 358 g/mol. The second-order valence-corrected chi connectivity index (χ2v) is 7.28. The van der Waals surface area contributed by atoms with Crippen LogP contribution in [0.5, 0.6) is 10.9 Å². The first kappa shape index (κ1) is 17.5. The molecule has 0 aliphatic heterocycles. The van der Waals surface area contributed by atoms with Gasteiger partial charge in [-0.3, -0.25) is 4.90 Å². The van der Waals surface area contributed by atoms with E-state index in [2.05, 4.69) is 10.3 Å². The molecule has 5 nitrogen and oxygen atoms in total. The first-order chi connectivity index (χ1) is 11.9. The van der Waals surface area contributed by atoms with Crippen molar-refractivity contribution in [2.24, 2.45) is 0 Å². The number of nitrogens with one attached hydrogen (secondary N) is 1. The van der Waals surface area contributed by atoms with Crippen LogP contribution in [0.2, 0.25) is 5.02 Å². The molecule has 3 rings (SSSR count). The summed E-state index contributed by atoms with van der Waals surface area (Å²) in [5.74, 6) is 0.659. The Kier molecular flexibility index (Phi) is 5.11. The predicted molar refractivity (Wildman–Crippen MR) is 103 cm³/mol. The van der Waals surface area contributed by atoms with Gasteiger partial charge in [-0.25, -0.2) is 9.78 Å². The minimum absolute atomic E-state index is 0.0881. The fourth-order valence-electron chi connectivity index (χ4n) is 2.22. The first-order valence-electron chi connectivity index (χ1n) is 7.80. The highest BCUT2D eigenvalue weighted by atomic mass is 35.5. The summed E-state index contributed by atoms with van der Waals surface area (Å²) in [7, 11) is 1.73. The number of carbonyl (C=O) groups is 1. The van der Waals surface area contributed by atoms with Gasteiger partial charge >= 0.3 is 6.03 Å². The second kappa shape index (κ2) is 7.29. The molecule has 1 N–H and O–H groups in total. The number of ether oxygens (including phenoxy) is 1. The maximum atomic E-state index is 12.0. The van der Waals surface area contributed by atoms with Gasteiger partial charge in [0.2, 0.25) is 0 Å². The molecule has 0 spiro atoms. The number of urea groups is 1. The lowest BCUT2D eigenvalue weighted by Crippen LogP contribution is -2.40. The summed E-state index contributed by atoms with van der Waals surface area (Å²) in [5, 5.41) is 4.08. The third-order valence-corrected chi connectivity index (χ3v) is 4.61. The van der Waals surface area contributed by atoms with Crippen LogP contribution in [0.15, 0.2) is 42.5 Å². The predicted octanol–water partition coefficient (Wildman–Crippen LogP) is 5.30. The lowest BCUT2D eigenvalue weighted by atomic mass is 10.3. The average molecular weight is 376 g/mol. The van der Waals surface area contributed by atoms with E-state index < -0.39 is 0 Å². The van der Waals surface area contributed by atoms with Gasteiger partial charge in [-0.2, -0.15) is 0 Å². The minimum Gasteiger partial charge on any atom is -0.431 e. The molecule has 3 aromatic rings. The molecule has 2 amide bonds. The number of fused-ring (bicyclic) bond motifs is 1. The standard InChI is InChI=1S/C18H18ClN3O2S/c1-11(2)20-17(23)22(3)13-5-7-14(8-6-13)24-18-21-15-9-4-12(19)10-16(15)25-18/h4-11H,1-3H3,(H,20,23). The third kappa shape index (κ3) is 4.21. The molecule has 0 fully saturated rings. The van der Waals surface area contributed by atoms with Crippen LogP contribution < -0.4 is 15.0 Å². The Bertz CT molecular complexity index is 893. The number of hydrogen-bond acceptors (Lipinski definition) is 4. The number of halogens is 1. The molecule has 7 heteroatoms. The van der Waals surface area contributed by atoms with E-state index in [1.807, 2.05) is 50.2 Å². The number of hydrogen-bond donors (Lipinski definition) is 1. The highest BCUT2D eigenvalue weighted by molar-refractivity contribution is 7.20. The van der Waals surface area contributed by atoms with Gasteiger partial charge in [0.05, 0.1) is 10.2 Å². The van der Waals surface area contributed by atoms with Gasteiger partial charge in [0.25, 0.3) is 5.19 Å². The van der Waals surface area contributed by atoms with E-state index >= 15 is 0 Å². The number of nitrogens with zero attached hydrogens (tertiary/aromatic N) is 2. The van der Waals surface area contributed by atoms with E-state index in [1.54, 1.807) is 18.0 Å². The molecule has 0 aliphatic carbocycles. The maximum absolute atomic E-state index is 12.0. The van der Waals surface area contributed by atoms with Gasteiger partial charge in [0, 0.05) is 23.8 Å². The number of benzene rings is 2. The zero-order valence-corrected chi connectivity index (χ0v) is 15.7. The zero-order valence-electron chi connectivity index (χ0n) is 14.1. The van der Waals surface area contributed by atoms with Crippen LogP contribution in [-0.2, 0) is 0 Å². The Labute approximate surface area is 155 Å². The molecule has 1 heterocycles. The summed E-state index contributed by atoms with van der Waals surface area (Å²) in [6.07, 6.45) is 0. The fourth-order valence-corrected chi connectivity index (χ4v) is 3.33. The molecule has 0 bridgehead atoms. The highest BCUT2D eigenvalue weighted by Gasteiger charge is 2.12. The SMILES string of the molecule is CC(C)NC(=O)N(C)c1ccc(Oc2nc3ccc(Cl)cc3s2)cc1. The monoisotopic (exact) mass is 375 g/mol. The van der Waals surface area contributed by atoms with Crippen LogP contribution >= 0.6 is 22.9 Å². The molecule has 1 aromatic heterocycles. The van der Waals surface area contributed by atoms with Gasteiger partial charge in [0.15, 0.2) is 0 Å². The molecule has 0 radical (unpaired) electrons. The molecule has 2 aromatic carbocycles. The third-order valence-electron chi connectivity index (χ3n) is 3.48. The molecule has 0 unspecified atom stereocenters. The largest absolute Gasteiger partial charge is 0.431 e. The smallest absolute Gasteiger partial charge is 0.321 e. The second-order valence-electron chi connectivity index (χ2n) is 5.85. The molecule has 130 valence electrons. The van der Waals surface area contributed by atoms with Crippen molar-refractivity contribution in [1.82, 2.24) is 10.3 Å². The van der Waals surface area contributed by atoms with E-state index in [1.165, 1.54) is 11.3 Å². The first-order valence-corrected chi connectivity index (χ1v) is 9.00. The van der Waals surface area contributed by atoms with Crippen molar-refractivity contribution in [3.05, 3.63) is 47.5 Å². The number of aromatic nitrogens is 1. The van der Waals surface area contributed by atoms with Crippen molar-refractivity contribution in [1.29, 1.82) is 0 Å². The van der Waals surface area contributed by atoms with Gasteiger partial charge in [-0.15, -0.1) is 0 Å². The number of amides is 2. The Morgan fingerprint density at radius 3 is 2.64 bits per heavy atom. The van der Waals surface area contributed by atoms with E-state index in [-0.39, 0.29) is 12.1 Å². The van der Waals surface area contributed by atoms with Crippen molar-refractivity contribution in [2.75, 3.05) is 11.9 Å². The van der Waals surface area contributed by atoms with Crippen LogP contribution in [0.25, 0.3) is 10.2 Å². The lowest BCUT2D eigenvalue weighted by molar-refractivity contribution is 0.245. The van der Waals surface area contributed by atoms with Crippen LogP contribution in [0.1, 0.15) is 13.8 Å². The van der Waals surface area contributed by atoms with Crippen molar-refractivity contribution in [2.45, 2.75) is 19.9 Å². The van der Waals surface area contributed by atoms with Crippen LogP contribution in [0, 0.1) is 0 Å². The molecule has 0 aliphatic rings. The highest BCUT2D eigenvalue weighted by Crippen LogP contribution is 2.33. The molecule has 25 heavy (non-hydrogen) atoms. The Morgan fingerprint density at radius 1 is 1.24 bits per heavy atom. The Hall–Kier alpha value is -2.31. The minimum atomic E-state index is -0.147. The number of thiazole rings is 1. The quantitative estimate of drug-likeness (QED) is 0.673. The van der Waals surface area contributed by atoms with E-state index in [4.69, 9.17) is 16.3 Å². The van der Waals surface area contributed by atoms with Crippen molar-refractivity contribution >= 4 is 44.9 Å². The molecule has 0 saturated heterocycles. The van der Waals surface area contributed by atoms with Gasteiger partial charge in [-0.1, -0.05) is 22.9 Å². The van der Waals surface area contributed by atoms with Crippen molar-refractivity contribution < 1.29 is 9.53 Å². The number of anilines is 1. The topological polar surface area (TPSA) is 54.5 Å². The summed E-state index contributed by atoms with van der Waals surface area (Å²) in [4.78, 5) is 18.0. The molecular formula is C18H18ClN3O2S. The number of carbonyl (C=O) groups excluding carboxylic acids is 1. The average Bonchev–Trinajstić information content (AvgIpc) is 2.95. The van der Waals surface area contributed by atoms with Gasteiger partial charge in [0.1, 0.15) is 5.75 Å². The Morgan fingerprint density at radius 2 is 1.96 bits per heavy atom. The van der Waals surface area contributed by atoms with E-state index in [9.17, 15) is 4.79 Å². The molecule has 0 saturated carbocycles. The van der Waals surface area contributed by atoms with Gasteiger partial charge < -0.3 is 10.1 Å². The van der Waals surface area contributed by atoms with Crippen molar-refractivity contribution in [3.63, 3.8) is 0 Å². The summed E-state index contributed by atoms with van der Waals surface area (Å²) >= 11 is 7.43. The van der Waals surface area contributed by atoms with E-state index in [0.29, 0.717) is 16.0 Å². The van der Waals surface area contributed by atoms with Crippen LogP contribution in [0.3, 0.4) is 0 Å². The summed E-state index contributed by atoms with van der Waals surface area (Å²) in [6.45, 7) is 3.85. The fraction of sp³-hybridized carbons (Fsp3) is 0.222. The maximum Gasteiger partial charge on any atom is 0.321 e. The molecule has 0 atom stereocenters. The van der Waals surface area contributed by atoms with Crippen LogP contribution in [0.4, 0.5) is 10.5 Å². The Balaban J connectivity index is 1.72. The lowest BCUT2D eigenvalue weighted by Gasteiger charge is -2.19. The van der Waals surface area contributed by atoms with Gasteiger partial charge in [-0.05, 0) is 56.3 Å². The zero-order chi connectivity index (χ0) is 18.0. The summed E-state index contributed by atoms with van der Waals surface area (Å²) in [5.41, 5.74) is 1.63. The van der Waals surface area contributed by atoms with E-state index in [0.717, 1.165) is 15.9 Å². The normalized spacial score (nSPS) is 10.9.